The third kappa shape index (κ3) is 3.80. The van der Waals surface area contributed by atoms with E-state index in [0.717, 1.165) is 30.0 Å². The van der Waals surface area contributed by atoms with Crippen LogP contribution in [0.25, 0.3) is 0 Å². The number of hydrogen-bond acceptors (Lipinski definition) is 2. The van der Waals surface area contributed by atoms with Gasteiger partial charge in [-0.25, -0.2) is 0 Å². The zero-order valence-electron chi connectivity index (χ0n) is 11.7. The average molecular weight is 260 g/mol. The number of nitrogens with one attached hydrogen (secondary N) is 1. The zero-order valence-corrected chi connectivity index (χ0v) is 11.7. The second-order valence-corrected chi connectivity index (χ2v) is 5.69. The molecule has 0 spiro atoms. The molecule has 0 heterocycles. The number of hydrogen-bond donors (Lipinski definition) is 2. The van der Waals surface area contributed by atoms with Crippen molar-refractivity contribution in [3.63, 3.8) is 0 Å². The first-order valence-corrected chi connectivity index (χ1v) is 7.27. The SMILES string of the molecule is CC1CCC(CNC(=O)c2ccccc2CCN)C1. The summed E-state index contributed by atoms with van der Waals surface area (Å²) in [7, 11) is 0. The van der Waals surface area contributed by atoms with E-state index in [1.165, 1.54) is 19.3 Å². The number of carbonyl (C=O) groups excluding carboxylic acids is 1. The summed E-state index contributed by atoms with van der Waals surface area (Å²) in [6.45, 7) is 3.67. The van der Waals surface area contributed by atoms with Crippen molar-refractivity contribution < 1.29 is 4.79 Å². The van der Waals surface area contributed by atoms with Crippen LogP contribution in [0.2, 0.25) is 0 Å². The Balaban J connectivity index is 1.92. The fourth-order valence-electron chi connectivity index (χ4n) is 2.96. The van der Waals surface area contributed by atoms with Gasteiger partial charge in [0, 0.05) is 12.1 Å². The average Bonchev–Trinajstić information content (AvgIpc) is 2.83. The number of carbonyl (C=O) groups is 1. The molecule has 0 aliphatic heterocycles. The first-order chi connectivity index (χ1) is 9.20. The lowest BCUT2D eigenvalue weighted by Crippen LogP contribution is -2.29. The Bertz CT molecular complexity index is 431. The second kappa shape index (κ2) is 6.71. The van der Waals surface area contributed by atoms with Gasteiger partial charge in [-0.05, 0) is 49.3 Å². The monoisotopic (exact) mass is 260 g/mol. The molecule has 0 radical (unpaired) electrons. The molecule has 1 aliphatic rings. The van der Waals surface area contributed by atoms with Gasteiger partial charge in [-0.15, -0.1) is 0 Å². The highest BCUT2D eigenvalue weighted by atomic mass is 16.1. The summed E-state index contributed by atoms with van der Waals surface area (Å²) >= 11 is 0. The molecule has 1 aromatic carbocycles. The molecule has 2 unspecified atom stereocenters. The quantitative estimate of drug-likeness (QED) is 0.854. The van der Waals surface area contributed by atoms with Crippen molar-refractivity contribution in [1.82, 2.24) is 5.32 Å². The van der Waals surface area contributed by atoms with Gasteiger partial charge in [-0.1, -0.05) is 31.5 Å². The van der Waals surface area contributed by atoms with E-state index in [1.807, 2.05) is 24.3 Å². The summed E-state index contributed by atoms with van der Waals surface area (Å²) in [5.41, 5.74) is 7.41. The van der Waals surface area contributed by atoms with E-state index < -0.39 is 0 Å². The third-order valence-corrected chi connectivity index (χ3v) is 4.03. The maximum Gasteiger partial charge on any atom is 0.251 e. The van der Waals surface area contributed by atoms with Crippen LogP contribution in [-0.2, 0) is 6.42 Å². The molecule has 0 aromatic heterocycles. The Morgan fingerprint density at radius 1 is 1.37 bits per heavy atom. The Morgan fingerprint density at radius 3 is 2.84 bits per heavy atom. The van der Waals surface area contributed by atoms with Crippen molar-refractivity contribution >= 4 is 5.91 Å². The Kier molecular flexibility index (Phi) is 4.97. The van der Waals surface area contributed by atoms with Gasteiger partial charge in [0.15, 0.2) is 0 Å². The largest absolute Gasteiger partial charge is 0.352 e. The standard InChI is InChI=1S/C16H24N2O/c1-12-6-7-13(10-12)11-18-16(19)15-5-3-2-4-14(15)8-9-17/h2-5,12-13H,6-11,17H2,1H3,(H,18,19). The fraction of sp³-hybridized carbons (Fsp3) is 0.562. The number of benzene rings is 1. The third-order valence-electron chi connectivity index (χ3n) is 4.03. The lowest BCUT2D eigenvalue weighted by atomic mass is 10.0. The van der Waals surface area contributed by atoms with Crippen LogP contribution < -0.4 is 11.1 Å². The minimum atomic E-state index is 0.0450. The maximum atomic E-state index is 12.2. The van der Waals surface area contributed by atoms with Crippen LogP contribution in [0.15, 0.2) is 24.3 Å². The van der Waals surface area contributed by atoms with E-state index in [1.54, 1.807) is 0 Å². The van der Waals surface area contributed by atoms with Gasteiger partial charge >= 0.3 is 0 Å². The molecule has 19 heavy (non-hydrogen) atoms. The van der Waals surface area contributed by atoms with Gasteiger partial charge in [-0.3, -0.25) is 4.79 Å². The van der Waals surface area contributed by atoms with Crippen molar-refractivity contribution in [3.05, 3.63) is 35.4 Å². The molecule has 0 saturated heterocycles. The summed E-state index contributed by atoms with van der Waals surface area (Å²) in [4.78, 5) is 12.2. The van der Waals surface area contributed by atoms with E-state index in [-0.39, 0.29) is 5.91 Å². The van der Waals surface area contributed by atoms with Crippen LogP contribution in [0.5, 0.6) is 0 Å². The molecule has 1 amide bonds. The van der Waals surface area contributed by atoms with E-state index in [4.69, 9.17) is 5.73 Å². The highest BCUT2D eigenvalue weighted by Crippen LogP contribution is 2.29. The molecular formula is C16H24N2O. The van der Waals surface area contributed by atoms with Crippen molar-refractivity contribution in [2.24, 2.45) is 17.6 Å². The predicted octanol–water partition coefficient (Wildman–Crippen LogP) is 2.35. The summed E-state index contributed by atoms with van der Waals surface area (Å²) in [5, 5.41) is 3.08. The molecule has 1 aliphatic carbocycles. The van der Waals surface area contributed by atoms with Crippen molar-refractivity contribution in [3.8, 4) is 0 Å². The highest BCUT2D eigenvalue weighted by molar-refractivity contribution is 5.95. The first kappa shape index (κ1) is 14.1. The van der Waals surface area contributed by atoms with Crippen LogP contribution in [0.3, 0.4) is 0 Å². The summed E-state index contributed by atoms with van der Waals surface area (Å²) in [5.74, 6) is 1.51. The Labute approximate surface area is 115 Å². The zero-order chi connectivity index (χ0) is 13.7. The smallest absolute Gasteiger partial charge is 0.251 e. The number of nitrogens with two attached hydrogens (primary N) is 1. The Hall–Kier alpha value is -1.35. The van der Waals surface area contributed by atoms with Gasteiger partial charge in [0.05, 0.1) is 0 Å². The molecular weight excluding hydrogens is 236 g/mol. The molecule has 3 N–H and O–H groups in total. The van der Waals surface area contributed by atoms with E-state index in [2.05, 4.69) is 12.2 Å². The van der Waals surface area contributed by atoms with Crippen LogP contribution in [0.4, 0.5) is 0 Å². The maximum absolute atomic E-state index is 12.2. The van der Waals surface area contributed by atoms with Crippen LogP contribution in [0, 0.1) is 11.8 Å². The molecule has 1 fully saturated rings. The fourth-order valence-corrected chi connectivity index (χ4v) is 2.96. The van der Waals surface area contributed by atoms with E-state index in [0.29, 0.717) is 12.5 Å². The molecule has 0 bridgehead atoms. The summed E-state index contributed by atoms with van der Waals surface area (Å²) in [6.07, 6.45) is 4.53. The molecule has 3 nitrogen and oxygen atoms in total. The minimum absolute atomic E-state index is 0.0450. The van der Waals surface area contributed by atoms with Crippen LogP contribution in [0.1, 0.15) is 42.1 Å². The lowest BCUT2D eigenvalue weighted by molar-refractivity contribution is 0.0946. The van der Waals surface area contributed by atoms with Gasteiger partial charge in [-0.2, -0.15) is 0 Å². The lowest BCUT2D eigenvalue weighted by Gasteiger charge is -2.13. The highest BCUT2D eigenvalue weighted by Gasteiger charge is 2.22. The molecule has 2 rings (SSSR count). The normalized spacial score (nSPS) is 22.4. The number of rotatable bonds is 5. The predicted molar refractivity (Wildman–Crippen MR) is 78.0 cm³/mol. The van der Waals surface area contributed by atoms with Crippen molar-refractivity contribution in [1.29, 1.82) is 0 Å². The van der Waals surface area contributed by atoms with Gasteiger partial charge in [0.25, 0.3) is 5.91 Å². The number of amides is 1. The summed E-state index contributed by atoms with van der Waals surface area (Å²) < 4.78 is 0. The molecule has 1 aromatic rings. The van der Waals surface area contributed by atoms with Crippen molar-refractivity contribution in [2.75, 3.05) is 13.1 Å². The molecule has 104 valence electrons. The van der Waals surface area contributed by atoms with Gasteiger partial charge < -0.3 is 11.1 Å². The topological polar surface area (TPSA) is 55.1 Å². The van der Waals surface area contributed by atoms with Gasteiger partial charge in [0.1, 0.15) is 0 Å². The van der Waals surface area contributed by atoms with Crippen molar-refractivity contribution in [2.45, 2.75) is 32.6 Å². The van der Waals surface area contributed by atoms with Crippen LogP contribution in [-0.4, -0.2) is 19.0 Å². The van der Waals surface area contributed by atoms with Gasteiger partial charge in [0.2, 0.25) is 0 Å². The first-order valence-electron chi connectivity index (χ1n) is 7.27. The molecule has 2 atom stereocenters. The second-order valence-electron chi connectivity index (χ2n) is 5.69. The summed E-state index contributed by atoms with van der Waals surface area (Å²) in [6, 6.07) is 7.74. The Morgan fingerprint density at radius 2 is 2.16 bits per heavy atom. The minimum Gasteiger partial charge on any atom is -0.352 e. The molecule has 3 heteroatoms. The van der Waals surface area contributed by atoms with E-state index in [9.17, 15) is 4.79 Å². The van der Waals surface area contributed by atoms with Crippen LogP contribution >= 0.6 is 0 Å². The molecule has 1 saturated carbocycles. The van der Waals surface area contributed by atoms with E-state index >= 15 is 0 Å².